The summed E-state index contributed by atoms with van der Waals surface area (Å²) >= 11 is 0. The first-order chi connectivity index (χ1) is 9.19. The van der Waals surface area contributed by atoms with Gasteiger partial charge in [0.2, 0.25) is 0 Å². The highest BCUT2D eigenvalue weighted by Gasteiger charge is 2.05. The van der Waals surface area contributed by atoms with Crippen molar-refractivity contribution in [1.82, 2.24) is 9.97 Å². The van der Waals surface area contributed by atoms with Gasteiger partial charge in [0.25, 0.3) is 0 Å². The number of rotatable bonds is 9. The van der Waals surface area contributed by atoms with Crippen LogP contribution in [0.3, 0.4) is 0 Å². The zero-order valence-corrected chi connectivity index (χ0v) is 12.8. The quantitative estimate of drug-likeness (QED) is 0.714. The van der Waals surface area contributed by atoms with Crippen LogP contribution in [0.5, 0.6) is 0 Å². The maximum absolute atomic E-state index is 4.58. The Kier molecular flexibility index (Phi) is 7.23. The van der Waals surface area contributed by atoms with E-state index in [4.69, 9.17) is 0 Å². The summed E-state index contributed by atoms with van der Waals surface area (Å²) in [4.78, 5) is 9.12. The number of nitrogens with zero attached hydrogens (tertiary/aromatic N) is 2. The highest BCUT2D eigenvalue weighted by atomic mass is 15.1. The first-order valence-corrected chi connectivity index (χ1v) is 7.55. The molecule has 4 nitrogen and oxygen atoms in total. The number of nitrogens with one attached hydrogen (secondary N) is 2. The van der Waals surface area contributed by atoms with Gasteiger partial charge in [0, 0.05) is 25.6 Å². The molecule has 1 rings (SSSR count). The molecule has 0 fully saturated rings. The van der Waals surface area contributed by atoms with Crippen LogP contribution in [-0.2, 0) is 6.42 Å². The topological polar surface area (TPSA) is 49.8 Å². The summed E-state index contributed by atoms with van der Waals surface area (Å²) in [6.07, 6.45) is 4.28. The second-order valence-electron chi connectivity index (χ2n) is 5.13. The second-order valence-corrected chi connectivity index (χ2v) is 5.13. The van der Waals surface area contributed by atoms with Gasteiger partial charge in [-0.15, -0.1) is 0 Å². The Balaban J connectivity index is 2.73. The number of aryl methyl sites for hydroxylation is 1. The van der Waals surface area contributed by atoms with Crippen LogP contribution in [0, 0.1) is 5.92 Å². The summed E-state index contributed by atoms with van der Waals surface area (Å²) in [6.45, 7) is 10.7. The van der Waals surface area contributed by atoms with E-state index in [-0.39, 0.29) is 0 Å². The van der Waals surface area contributed by atoms with Crippen molar-refractivity contribution in [1.29, 1.82) is 0 Å². The molecule has 0 aliphatic rings. The standard InChI is InChI=1S/C15H28N4/c1-5-8-13-18-14(16-9-6-2)10-15(19-13)17-11-12(4)7-3/h10,12H,5-9,11H2,1-4H3,(H2,16,17,18,19). The van der Waals surface area contributed by atoms with E-state index in [1.807, 2.05) is 6.07 Å². The van der Waals surface area contributed by atoms with Crippen LogP contribution in [-0.4, -0.2) is 23.1 Å². The Hall–Kier alpha value is -1.32. The van der Waals surface area contributed by atoms with Gasteiger partial charge in [0.15, 0.2) is 0 Å². The maximum Gasteiger partial charge on any atom is 0.133 e. The highest BCUT2D eigenvalue weighted by Crippen LogP contribution is 2.13. The van der Waals surface area contributed by atoms with Crippen molar-refractivity contribution in [2.75, 3.05) is 23.7 Å². The van der Waals surface area contributed by atoms with Crippen molar-refractivity contribution in [3.05, 3.63) is 11.9 Å². The Morgan fingerprint density at radius 2 is 1.74 bits per heavy atom. The Morgan fingerprint density at radius 3 is 2.32 bits per heavy atom. The van der Waals surface area contributed by atoms with Gasteiger partial charge in [0.05, 0.1) is 0 Å². The zero-order chi connectivity index (χ0) is 14.1. The van der Waals surface area contributed by atoms with E-state index in [9.17, 15) is 0 Å². The van der Waals surface area contributed by atoms with Crippen LogP contribution >= 0.6 is 0 Å². The fourth-order valence-corrected chi connectivity index (χ4v) is 1.69. The van der Waals surface area contributed by atoms with E-state index in [0.29, 0.717) is 5.92 Å². The van der Waals surface area contributed by atoms with Gasteiger partial charge in [-0.05, 0) is 18.8 Å². The highest BCUT2D eigenvalue weighted by molar-refractivity contribution is 5.47. The van der Waals surface area contributed by atoms with Gasteiger partial charge in [-0.25, -0.2) is 9.97 Å². The minimum Gasteiger partial charge on any atom is -0.370 e. The summed E-state index contributed by atoms with van der Waals surface area (Å²) in [5.41, 5.74) is 0. The molecule has 108 valence electrons. The number of hydrogen-bond donors (Lipinski definition) is 2. The fourth-order valence-electron chi connectivity index (χ4n) is 1.69. The molecule has 0 bridgehead atoms. The molecular weight excluding hydrogens is 236 g/mol. The summed E-state index contributed by atoms with van der Waals surface area (Å²) in [7, 11) is 0. The smallest absolute Gasteiger partial charge is 0.133 e. The summed E-state index contributed by atoms with van der Waals surface area (Å²) in [6, 6.07) is 2.01. The molecule has 1 aromatic rings. The molecule has 0 spiro atoms. The third-order valence-electron chi connectivity index (χ3n) is 3.13. The fraction of sp³-hybridized carbons (Fsp3) is 0.733. The third kappa shape index (κ3) is 5.90. The molecule has 0 saturated heterocycles. The SMILES string of the molecule is CCCNc1cc(NCC(C)CC)nc(CCC)n1. The van der Waals surface area contributed by atoms with Crippen LogP contribution in [0.15, 0.2) is 6.07 Å². The van der Waals surface area contributed by atoms with Crippen LogP contribution in [0.25, 0.3) is 0 Å². The lowest BCUT2D eigenvalue weighted by Crippen LogP contribution is -2.13. The lowest BCUT2D eigenvalue weighted by Gasteiger charge is -2.13. The van der Waals surface area contributed by atoms with Gasteiger partial charge in [-0.1, -0.05) is 34.1 Å². The minimum absolute atomic E-state index is 0.664. The molecule has 19 heavy (non-hydrogen) atoms. The second kappa shape index (κ2) is 8.73. The summed E-state index contributed by atoms with van der Waals surface area (Å²) in [5, 5.41) is 6.76. The van der Waals surface area contributed by atoms with Crippen LogP contribution < -0.4 is 10.6 Å². The summed E-state index contributed by atoms with van der Waals surface area (Å²) in [5.74, 6) is 3.47. The number of aromatic nitrogens is 2. The molecule has 1 unspecified atom stereocenters. The monoisotopic (exact) mass is 264 g/mol. The first kappa shape index (κ1) is 15.7. The maximum atomic E-state index is 4.58. The van der Waals surface area contributed by atoms with Crippen molar-refractivity contribution in [3.63, 3.8) is 0 Å². The Labute approximate surface area is 117 Å². The normalized spacial score (nSPS) is 12.2. The van der Waals surface area contributed by atoms with Gasteiger partial charge >= 0.3 is 0 Å². The molecule has 1 atom stereocenters. The van der Waals surface area contributed by atoms with Gasteiger partial charge in [0.1, 0.15) is 17.5 Å². The summed E-state index contributed by atoms with van der Waals surface area (Å²) < 4.78 is 0. The molecule has 0 radical (unpaired) electrons. The molecule has 0 amide bonds. The van der Waals surface area contributed by atoms with Gasteiger partial charge < -0.3 is 10.6 Å². The van der Waals surface area contributed by atoms with Crippen molar-refractivity contribution >= 4 is 11.6 Å². The lowest BCUT2D eigenvalue weighted by molar-refractivity contribution is 0.592. The molecule has 0 aliphatic carbocycles. The van der Waals surface area contributed by atoms with E-state index in [1.165, 1.54) is 6.42 Å². The Bertz CT molecular complexity index is 365. The first-order valence-electron chi connectivity index (χ1n) is 7.55. The van der Waals surface area contributed by atoms with Crippen LogP contribution in [0.1, 0.15) is 52.8 Å². The van der Waals surface area contributed by atoms with Crippen LogP contribution in [0.2, 0.25) is 0 Å². The van der Waals surface area contributed by atoms with Crippen molar-refractivity contribution in [3.8, 4) is 0 Å². The van der Waals surface area contributed by atoms with Crippen molar-refractivity contribution in [2.45, 2.75) is 53.4 Å². The van der Waals surface area contributed by atoms with E-state index in [0.717, 1.165) is 49.8 Å². The van der Waals surface area contributed by atoms with Gasteiger partial charge in [-0.2, -0.15) is 0 Å². The van der Waals surface area contributed by atoms with E-state index >= 15 is 0 Å². The lowest BCUT2D eigenvalue weighted by atomic mass is 10.1. The van der Waals surface area contributed by atoms with Crippen molar-refractivity contribution < 1.29 is 0 Å². The molecular formula is C15H28N4. The molecule has 1 heterocycles. The van der Waals surface area contributed by atoms with E-state index in [1.54, 1.807) is 0 Å². The molecule has 0 aliphatic heterocycles. The van der Waals surface area contributed by atoms with E-state index in [2.05, 4.69) is 48.3 Å². The number of hydrogen-bond acceptors (Lipinski definition) is 4. The number of anilines is 2. The van der Waals surface area contributed by atoms with E-state index < -0.39 is 0 Å². The zero-order valence-electron chi connectivity index (χ0n) is 12.8. The predicted octanol–water partition coefficient (Wildman–Crippen LogP) is 3.71. The molecule has 4 heteroatoms. The minimum atomic E-state index is 0.664. The average molecular weight is 264 g/mol. The van der Waals surface area contributed by atoms with Crippen LogP contribution in [0.4, 0.5) is 11.6 Å². The van der Waals surface area contributed by atoms with Crippen molar-refractivity contribution in [2.24, 2.45) is 5.92 Å². The average Bonchev–Trinajstić information content (AvgIpc) is 2.42. The molecule has 0 saturated carbocycles. The molecule has 2 N–H and O–H groups in total. The predicted molar refractivity (Wildman–Crippen MR) is 82.8 cm³/mol. The Morgan fingerprint density at radius 1 is 1.05 bits per heavy atom. The third-order valence-corrected chi connectivity index (χ3v) is 3.13. The van der Waals surface area contributed by atoms with Gasteiger partial charge in [-0.3, -0.25) is 0 Å². The molecule has 0 aromatic carbocycles. The largest absolute Gasteiger partial charge is 0.370 e. The molecule has 1 aromatic heterocycles.